The lowest BCUT2D eigenvalue weighted by molar-refractivity contribution is -0.00000261. The first-order valence-electron chi connectivity index (χ1n) is 5.12. The van der Waals surface area contributed by atoms with Gasteiger partial charge in [-0.15, -0.1) is 0 Å². The molecule has 0 radical (unpaired) electrons. The fraction of sp³-hybridized carbons (Fsp3) is 1.00. The highest BCUT2D eigenvalue weighted by atomic mass is 35.5. The van der Waals surface area contributed by atoms with E-state index in [0.717, 1.165) is 6.54 Å². The summed E-state index contributed by atoms with van der Waals surface area (Å²) in [6.45, 7) is 3.13. The number of rotatable bonds is 8. The molecule has 0 bridgehead atoms. The number of hydrogen-bond donors (Lipinski definition) is 1. The van der Waals surface area contributed by atoms with Crippen LogP contribution in [0.3, 0.4) is 0 Å². The Labute approximate surface area is 83.5 Å². The summed E-state index contributed by atoms with van der Waals surface area (Å²) in [7, 11) is 0. The van der Waals surface area contributed by atoms with Crippen LogP contribution in [-0.4, -0.2) is 6.54 Å². The predicted molar refractivity (Wildman–Crippen MR) is 51.7 cm³/mol. The monoisotopic (exact) mass is 192 g/mol. The predicted octanol–water partition coefficient (Wildman–Crippen LogP) is 0.0898. The van der Waals surface area contributed by atoms with Crippen LogP contribution in [0.25, 0.3) is 0 Å². The maximum absolute atomic E-state index is 5.39. The zero-order chi connectivity index (χ0) is 8.36. The van der Waals surface area contributed by atoms with Gasteiger partial charge in [-0.2, -0.15) is 0 Å². The Morgan fingerprint density at radius 3 is 1.58 bits per heavy atom. The van der Waals surface area contributed by atoms with Crippen molar-refractivity contribution in [3.05, 3.63) is 0 Å². The van der Waals surface area contributed by atoms with E-state index in [9.17, 15) is 0 Å². The van der Waals surface area contributed by atoms with Gasteiger partial charge >= 0.3 is 0 Å². The van der Waals surface area contributed by atoms with Crippen LogP contribution in [-0.2, 0) is 0 Å². The maximum Gasteiger partial charge on any atom is -0.00773 e. The summed E-state index contributed by atoms with van der Waals surface area (Å²) in [5.74, 6) is 0. The second-order valence-corrected chi connectivity index (χ2v) is 3.26. The van der Waals surface area contributed by atoms with E-state index in [-0.39, 0.29) is 12.4 Å². The summed E-state index contributed by atoms with van der Waals surface area (Å²) in [5.41, 5.74) is 5.39. The van der Waals surface area contributed by atoms with Crippen LogP contribution < -0.4 is 18.1 Å². The Kier molecular flexibility index (Phi) is 17.0. The second-order valence-electron chi connectivity index (χ2n) is 3.26. The van der Waals surface area contributed by atoms with Crippen LogP contribution in [0.2, 0.25) is 0 Å². The minimum Gasteiger partial charge on any atom is -1.00 e. The molecular weight excluding hydrogens is 170 g/mol. The smallest absolute Gasteiger partial charge is 0.00773 e. The molecule has 0 amide bonds. The van der Waals surface area contributed by atoms with Crippen molar-refractivity contribution in [2.75, 3.05) is 6.54 Å². The molecule has 0 aliphatic carbocycles. The fourth-order valence-electron chi connectivity index (χ4n) is 1.28. The molecule has 0 saturated heterocycles. The van der Waals surface area contributed by atoms with Crippen LogP contribution in [0, 0.1) is 0 Å². The molecular formula is C10H23ClN-. The van der Waals surface area contributed by atoms with E-state index in [1.165, 1.54) is 51.4 Å². The molecule has 0 aromatic carbocycles. The summed E-state index contributed by atoms with van der Waals surface area (Å²) >= 11 is 0. The van der Waals surface area contributed by atoms with E-state index in [0.29, 0.717) is 0 Å². The highest BCUT2D eigenvalue weighted by Gasteiger charge is 1.89. The molecule has 0 heterocycles. The number of unbranched alkanes of at least 4 members (excludes halogenated alkanes) is 7. The normalized spacial score (nSPS) is 9.50. The average Bonchev–Trinajstić information content (AvgIpc) is 2.03. The molecule has 0 aromatic rings. The van der Waals surface area contributed by atoms with Crippen molar-refractivity contribution in [3.63, 3.8) is 0 Å². The third-order valence-corrected chi connectivity index (χ3v) is 2.06. The lowest BCUT2D eigenvalue weighted by Gasteiger charge is -1.99. The molecule has 0 fully saturated rings. The van der Waals surface area contributed by atoms with Crippen LogP contribution in [0.4, 0.5) is 0 Å². The van der Waals surface area contributed by atoms with Gasteiger partial charge in [-0.3, -0.25) is 0 Å². The topological polar surface area (TPSA) is 26.0 Å². The molecule has 0 aliphatic rings. The molecule has 1 nitrogen and oxygen atoms in total. The Balaban J connectivity index is 0. The van der Waals surface area contributed by atoms with E-state index in [4.69, 9.17) is 5.73 Å². The van der Waals surface area contributed by atoms with E-state index in [2.05, 4.69) is 6.92 Å². The Morgan fingerprint density at radius 2 is 1.17 bits per heavy atom. The van der Waals surface area contributed by atoms with Crippen LogP contribution in [0.5, 0.6) is 0 Å². The molecule has 76 valence electrons. The van der Waals surface area contributed by atoms with Gasteiger partial charge in [-0.05, 0) is 13.0 Å². The lowest BCUT2D eigenvalue weighted by atomic mass is 10.1. The minimum absolute atomic E-state index is 0. The van der Waals surface area contributed by atoms with Gasteiger partial charge in [-0.1, -0.05) is 51.9 Å². The largest absolute Gasteiger partial charge is 1.00 e. The molecule has 12 heavy (non-hydrogen) atoms. The van der Waals surface area contributed by atoms with Gasteiger partial charge in [0.1, 0.15) is 0 Å². The maximum atomic E-state index is 5.39. The summed E-state index contributed by atoms with van der Waals surface area (Å²) in [5, 5.41) is 0. The van der Waals surface area contributed by atoms with E-state index >= 15 is 0 Å². The molecule has 0 saturated carbocycles. The molecule has 2 heteroatoms. The molecule has 0 spiro atoms. The van der Waals surface area contributed by atoms with Crippen molar-refractivity contribution in [2.45, 2.75) is 58.3 Å². The van der Waals surface area contributed by atoms with Crippen LogP contribution in [0.1, 0.15) is 58.3 Å². The van der Waals surface area contributed by atoms with Crippen molar-refractivity contribution in [2.24, 2.45) is 5.73 Å². The third-order valence-electron chi connectivity index (χ3n) is 2.06. The molecule has 0 atom stereocenters. The third kappa shape index (κ3) is 12.9. The molecule has 2 N–H and O–H groups in total. The highest BCUT2D eigenvalue weighted by molar-refractivity contribution is 4.45. The van der Waals surface area contributed by atoms with Crippen molar-refractivity contribution in [3.8, 4) is 0 Å². The van der Waals surface area contributed by atoms with Crippen LogP contribution >= 0.6 is 0 Å². The Hall–Kier alpha value is 0.250. The Bertz CT molecular complexity index is 58.9. The number of hydrogen-bond acceptors (Lipinski definition) is 1. The van der Waals surface area contributed by atoms with Gasteiger partial charge in [0.05, 0.1) is 0 Å². The molecule has 0 rings (SSSR count). The van der Waals surface area contributed by atoms with Crippen molar-refractivity contribution in [1.29, 1.82) is 0 Å². The summed E-state index contributed by atoms with van der Waals surface area (Å²) in [6, 6.07) is 0. The molecule has 0 aromatic heterocycles. The zero-order valence-corrected chi connectivity index (χ0v) is 9.08. The quantitative estimate of drug-likeness (QED) is 0.543. The van der Waals surface area contributed by atoms with Gasteiger partial charge in [0, 0.05) is 0 Å². The molecule has 0 unspecified atom stereocenters. The average molecular weight is 193 g/mol. The highest BCUT2D eigenvalue weighted by Crippen LogP contribution is 2.07. The summed E-state index contributed by atoms with van der Waals surface area (Å²) < 4.78 is 0. The number of nitrogens with two attached hydrogens (primary N) is 1. The van der Waals surface area contributed by atoms with Gasteiger partial charge in [0.2, 0.25) is 0 Å². The lowest BCUT2D eigenvalue weighted by Crippen LogP contribution is -3.00. The van der Waals surface area contributed by atoms with Gasteiger partial charge in [0.15, 0.2) is 0 Å². The minimum atomic E-state index is 0. The van der Waals surface area contributed by atoms with Crippen molar-refractivity contribution in [1.82, 2.24) is 0 Å². The van der Waals surface area contributed by atoms with Gasteiger partial charge < -0.3 is 18.1 Å². The zero-order valence-electron chi connectivity index (χ0n) is 8.32. The first kappa shape index (κ1) is 14.8. The first-order valence-corrected chi connectivity index (χ1v) is 5.12. The van der Waals surface area contributed by atoms with E-state index in [1.807, 2.05) is 0 Å². The van der Waals surface area contributed by atoms with Crippen molar-refractivity contribution < 1.29 is 12.4 Å². The van der Waals surface area contributed by atoms with Gasteiger partial charge in [-0.25, -0.2) is 0 Å². The number of halogens is 1. The molecule has 0 aliphatic heterocycles. The van der Waals surface area contributed by atoms with Crippen molar-refractivity contribution >= 4 is 0 Å². The van der Waals surface area contributed by atoms with E-state index in [1.54, 1.807) is 0 Å². The van der Waals surface area contributed by atoms with E-state index < -0.39 is 0 Å². The van der Waals surface area contributed by atoms with Crippen LogP contribution in [0.15, 0.2) is 0 Å². The Morgan fingerprint density at radius 1 is 0.750 bits per heavy atom. The summed E-state index contributed by atoms with van der Waals surface area (Å²) in [6.07, 6.45) is 11.0. The standard InChI is InChI=1S/C10H23N.ClH/c1-2-3-4-5-6-7-8-9-10-11;/h2-11H2,1H3;1H/p-1. The second kappa shape index (κ2) is 13.8. The SMILES string of the molecule is CCCCCCCCCCN.[Cl-]. The summed E-state index contributed by atoms with van der Waals surface area (Å²) in [4.78, 5) is 0. The van der Waals surface area contributed by atoms with Gasteiger partial charge in [0.25, 0.3) is 0 Å². The first-order chi connectivity index (χ1) is 5.41. The fourth-order valence-corrected chi connectivity index (χ4v) is 1.28.